The standard InChI is InChI=1S/C18H23BrFN/c1-21-18(15-9-14(19)2-3-16(15)20)17-12-5-10-4-11(7-12)8-13(17)6-10/h2-3,9-13,17-18,21H,4-8H2,1H3. The summed E-state index contributed by atoms with van der Waals surface area (Å²) in [5, 5.41) is 3.45. The van der Waals surface area contributed by atoms with E-state index < -0.39 is 0 Å². The summed E-state index contributed by atoms with van der Waals surface area (Å²) in [6.45, 7) is 0. The molecule has 3 heteroatoms. The fourth-order valence-corrected chi connectivity index (χ4v) is 6.20. The normalized spacial score (nSPS) is 38.7. The quantitative estimate of drug-likeness (QED) is 0.814. The Bertz CT molecular complexity index is 516. The Kier molecular flexibility index (Phi) is 3.61. The van der Waals surface area contributed by atoms with Gasteiger partial charge in [-0.05, 0) is 86.9 Å². The predicted octanol–water partition coefficient (Wildman–Crippen LogP) is 4.92. The summed E-state index contributed by atoms with van der Waals surface area (Å²) in [6, 6.07) is 5.53. The van der Waals surface area contributed by atoms with Crippen LogP contribution in [0.1, 0.15) is 43.7 Å². The number of rotatable bonds is 3. The van der Waals surface area contributed by atoms with Gasteiger partial charge in [0.05, 0.1) is 0 Å². The third kappa shape index (κ3) is 2.37. The minimum absolute atomic E-state index is 0.0636. The molecule has 0 amide bonds. The monoisotopic (exact) mass is 351 g/mol. The van der Waals surface area contributed by atoms with Crippen molar-refractivity contribution in [3.63, 3.8) is 0 Å². The van der Waals surface area contributed by atoms with Crippen molar-refractivity contribution in [3.8, 4) is 0 Å². The number of hydrogen-bond acceptors (Lipinski definition) is 1. The highest BCUT2D eigenvalue weighted by Gasteiger charge is 2.50. The SMILES string of the molecule is CNC(c1cc(Br)ccc1F)C1C2CC3CC(C2)CC1C3. The van der Waals surface area contributed by atoms with Crippen molar-refractivity contribution >= 4 is 15.9 Å². The van der Waals surface area contributed by atoms with Gasteiger partial charge >= 0.3 is 0 Å². The maximum atomic E-state index is 14.4. The second kappa shape index (κ2) is 5.34. The number of nitrogens with one attached hydrogen (secondary N) is 1. The van der Waals surface area contributed by atoms with Gasteiger partial charge in [-0.25, -0.2) is 4.39 Å². The Balaban J connectivity index is 1.68. The van der Waals surface area contributed by atoms with Crippen molar-refractivity contribution in [3.05, 3.63) is 34.1 Å². The fraction of sp³-hybridized carbons (Fsp3) is 0.667. The van der Waals surface area contributed by atoms with E-state index in [9.17, 15) is 4.39 Å². The Morgan fingerprint density at radius 3 is 2.29 bits per heavy atom. The maximum absolute atomic E-state index is 14.4. The number of hydrogen-bond donors (Lipinski definition) is 1. The van der Waals surface area contributed by atoms with Crippen LogP contribution in [0.5, 0.6) is 0 Å². The molecule has 4 bridgehead atoms. The lowest BCUT2D eigenvalue weighted by atomic mass is 9.50. The third-order valence-electron chi connectivity index (χ3n) is 6.29. The molecule has 4 aliphatic carbocycles. The van der Waals surface area contributed by atoms with Gasteiger partial charge < -0.3 is 5.32 Å². The van der Waals surface area contributed by atoms with Crippen molar-refractivity contribution in [2.24, 2.45) is 29.6 Å². The summed E-state index contributed by atoms with van der Waals surface area (Å²) in [5.41, 5.74) is 0.851. The van der Waals surface area contributed by atoms with Crippen LogP contribution in [0.25, 0.3) is 0 Å². The molecule has 114 valence electrons. The molecule has 0 aliphatic heterocycles. The first-order valence-corrected chi connectivity index (χ1v) is 9.07. The predicted molar refractivity (Wildman–Crippen MR) is 86.4 cm³/mol. The molecule has 1 N–H and O–H groups in total. The molecule has 1 atom stereocenters. The zero-order valence-corrected chi connectivity index (χ0v) is 14.1. The average molecular weight is 352 g/mol. The van der Waals surface area contributed by atoms with Crippen LogP contribution >= 0.6 is 15.9 Å². The number of halogens is 2. The Hall–Kier alpha value is -0.410. The number of benzene rings is 1. The molecule has 0 heterocycles. The van der Waals surface area contributed by atoms with Gasteiger partial charge in [0, 0.05) is 16.1 Å². The lowest BCUT2D eigenvalue weighted by Crippen LogP contribution is -2.49. The lowest BCUT2D eigenvalue weighted by Gasteiger charge is -2.56. The largest absolute Gasteiger partial charge is 0.313 e. The molecule has 1 unspecified atom stereocenters. The molecular weight excluding hydrogens is 329 g/mol. The van der Waals surface area contributed by atoms with E-state index in [4.69, 9.17) is 0 Å². The van der Waals surface area contributed by atoms with Crippen LogP contribution in [0.4, 0.5) is 4.39 Å². The van der Waals surface area contributed by atoms with Gasteiger partial charge in [-0.3, -0.25) is 0 Å². The molecule has 0 aromatic heterocycles. The molecule has 1 nitrogen and oxygen atoms in total. The Morgan fingerprint density at radius 1 is 1.10 bits per heavy atom. The molecule has 1 aromatic rings. The van der Waals surface area contributed by atoms with E-state index in [2.05, 4.69) is 21.2 Å². The summed E-state index contributed by atoms with van der Waals surface area (Å²) < 4.78 is 15.3. The van der Waals surface area contributed by atoms with Crippen LogP contribution in [0.15, 0.2) is 22.7 Å². The summed E-state index contributed by atoms with van der Waals surface area (Å²) >= 11 is 3.50. The lowest BCUT2D eigenvalue weighted by molar-refractivity contribution is -0.0519. The van der Waals surface area contributed by atoms with Crippen molar-refractivity contribution in [1.29, 1.82) is 0 Å². The van der Waals surface area contributed by atoms with E-state index in [0.29, 0.717) is 5.92 Å². The zero-order chi connectivity index (χ0) is 14.6. The van der Waals surface area contributed by atoms with E-state index in [1.165, 1.54) is 32.1 Å². The highest BCUT2D eigenvalue weighted by Crippen LogP contribution is 2.59. The highest BCUT2D eigenvalue weighted by atomic mass is 79.9. The molecule has 0 saturated heterocycles. The average Bonchev–Trinajstić information content (AvgIpc) is 2.45. The first kappa shape index (κ1) is 14.2. The van der Waals surface area contributed by atoms with Gasteiger partial charge in [-0.15, -0.1) is 0 Å². The molecule has 4 aliphatic rings. The first-order chi connectivity index (χ1) is 10.2. The first-order valence-electron chi connectivity index (χ1n) is 8.28. The van der Waals surface area contributed by atoms with Gasteiger partial charge in [0.2, 0.25) is 0 Å². The minimum Gasteiger partial charge on any atom is -0.313 e. The second-order valence-corrected chi connectivity index (χ2v) is 8.36. The van der Waals surface area contributed by atoms with E-state index >= 15 is 0 Å². The maximum Gasteiger partial charge on any atom is 0.128 e. The molecular formula is C18H23BrFN. The molecule has 5 rings (SSSR count). The van der Waals surface area contributed by atoms with Crippen LogP contribution in [0.2, 0.25) is 0 Å². The second-order valence-electron chi connectivity index (χ2n) is 7.44. The van der Waals surface area contributed by atoms with Gasteiger partial charge in [-0.1, -0.05) is 15.9 Å². The van der Waals surface area contributed by atoms with Gasteiger partial charge in [0.25, 0.3) is 0 Å². The minimum atomic E-state index is -0.0636. The topological polar surface area (TPSA) is 12.0 Å². The summed E-state index contributed by atoms with van der Waals surface area (Å²) in [7, 11) is 2.00. The molecule has 21 heavy (non-hydrogen) atoms. The van der Waals surface area contributed by atoms with Crippen LogP contribution in [-0.4, -0.2) is 7.05 Å². The Morgan fingerprint density at radius 2 is 1.71 bits per heavy atom. The van der Waals surface area contributed by atoms with E-state index in [1.807, 2.05) is 13.1 Å². The zero-order valence-electron chi connectivity index (χ0n) is 12.5. The third-order valence-corrected chi connectivity index (χ3v) is 6.78. The summed E-state index contributed by atoms with van der Waals surface area (Å²) in [4.78, 5) is 0. The van der Waals surface area contributed by atoms with Crippen molar-refractivity contribution in [2.45, 2.75) is 38.1 Å². The van der Waals surface area contributed by atoms with Crippen LogP contribution < -0.4 is 5.32 Å². The fourth-order valence-electron chi connectivity index (χ4n) is 5.82. The van der Waals surface area contributed by atoms with Crippen LogP contribution in [0.3, 0.4) is 0 Å². The highest BCUT2D eigenvalue weighted by molar-refractivity contribution is 9.10. The summed E-state index contributed by atoms with van der Waals surface area (Å²) in [6.07, 6.45) is 6.99. The molecule has 4 saturated carbocycles. The Labute approximate surface area is 134 Å². The van der Waals surface area contributed by atoms with Crippen molar-refractivity contribution in [1.82, 2.24) is 5.32 Å². The molecule has 0 spiro atoms. The van der Waals surface area contributed by atoms with Gasteiger partial charge in [0.15, 0.2) is 0 Å². The van der Waals surface area contributed by atoms with Gasteiger partial charge in [0.1, 0.15) is 5.82 Å². The summed E-state index contributed by atoms with van der Waals surface area (Å²) in [5.74, 6) is 4.09. The molecule has 0 radical (unpaired) electrons. The van der Waals surface area contributed by atoms with Gasteiger partial charge in [-0.2, -0.15) is 0 Å². The molecule has 1 aromatic carbocycles. The van der Waals surface area contributed by atoms with Crippen LogP contribution in [0, 0.1) is 35.4 Å². The van der Waals surface area contributed by atoms with Crippen molar-refractivity contribution in [2.75, 3.05) is 7.05 Å². The molecule has 4 fully saturated rings. The van der Waals surface area contributed by atoms with E-state index in [-0.39, 0.29) is 11.9 Å². The van der Waals surface area contributed by atoms with Crippen LogP contribution in [-0.2, 0) is 0 Å². The van der Waals surface area contributed by atoms with E-state index in [1.54, 1.807) is 12.1 Å². The van der Waals surface area contributed by atoms with Crippen molar-refractivity contribution < 1.29 is 4.39 Å². The van der Waals surface area contributed by atoms with E-state index in [0.717, 1.165) is 33.7 Å². The smallest absolute Gasteiger partial charge is 0.128 e.